The number of benzene rings is 4. The molecular weight excluding hydrogens is 693 g/mol. The van der Waals surface area contributed by atoms with Crippen LogP contribution in [0.5, 0.6) is 11.5 Å². The van der Waals surface area contributed by atoms with Crippen molar-refractivity contribution in [1.82, 2.24) is 20.6 Å². The highest BCUT2D eigenvalue weighted by molar-refractivity contribution is 7.99. The molecule has 2 atom stereocenters. The number of non-ortho nitro benzene ring substituents is 1. The SMILES string of the molecule is Nc1ccc(SCc2ccc(OCC(O)CO)cc2)c2nonc12.O=[N+]([O-])c1ccc(SCc2ccc(OCC(O)CO)cc2)c2nonc12. The molecule has 50 heavy (non-hydrogen) atoms. The number of nitro benzene ring substituents is 1. The van der Waals surface area contributed by atoms with Gasteiger partial charge < -0.3 is 35.6 Å². The van der Waals surface area contributed by atoms with Gasteiger partial charge in [-0.25, -0.2) is 9.26 Å². The summed E-state index contributed by atoms with van der Waals surface area (Å²) in [4.78, 5) is 12.2. The van der Waals surface area contributed by atoms with Crippen molar-refractivity contribution in [2.75, 3.05) is 32.2 Å². The van der Waals surface area contributed by atoms with Crippen LogP contribution in [-0.2, 0) is 11.5 Å². The number of thioether (sulfide) groups is 2. The lowest BCUT2D eigenvalue weighted by atomic mass is 10.2. The molecule has 0 saturated heterocycles. The Hall–Kier alpha value is -4.98. The van der Waals surface area contributed by atoms with E-state index in [-0.39, 0.29) is 37.6 Å². The Kier molecular flexibility index (Phi) is 12.8. The molecule has 16 nitrogen and oxygen atoms in total. The van der Waals surface area contributed by atoms with E-state index in [4.69, 9.17) is 30.0 Å². The fourth-order valence-electron chi connectivity index (χ4n) is 4.25. The number of aliphatic hydroxyl groups excluding tert-OH is 4. The van der Waals surface area contributed by atoms with Gasteiger partial charge in [0.2, 0.25) is 5.52 Å². The van der Waals surface area contributed by atoms with Crippen molar-refractivity contribution in [2.24, 2.45) is 0 Å². The summed E-state index contributed by atoms with van der Waals surface area (Å²) in [6, 6.07) is 21.5. The monoisotopic (exact) mass is 724 g/mol. The van der Waals surface area contributed by atoms with Crippen LogP contribution in [0.4, 0.5) is 11.4 Å². The van der Waals surface area contributed by atoms with E-state index in [1.165, 1.54) is 17.8 Å². The maximum absolute atomic E-state index is 11.0. The van der Waals surface area contributed by atoms with Crippen molar-refractivity contribution in [3.05, 3.63) is 94.0 Å². The van der Waals surface area contributed by atoms with Gasteiger partial charge >= 0.3 is 5.69 Å². The largest absolute Gasteiger partial charge is 0.491 e. The van der Waals surface area contributed by atoms with Gasteiger partial charge in [0.1, 0.15) is 36.9 Å². The number of aromatic nitrogens is 4. The molecule has 6 aromatic rings. The number of hydrogen-bond acceptors (Lipinski definition) is 17. The molecule has 2 aromatic heterocycles. The summed E-state index contributed by atoms with van der Waals surface area (Å²) < 4.78 is 20.1. The minimum Gasteiger partial charge on any atom is -0.491 e. The minimum atomic E-state index is -0.911. The molecule has 0 amide bonds. The topological polar surface area (TPSA) is 246 Å². The van der Waals surface area contributed by atoms with Gasteiger partial charge in [0.15, 0.2) is 16.6 Å². The zero-order valence-electron chi connectivity index (χ0n) is 26.2. The Morgan fingerprint density at radius 1 is 0.680 bits per heavy atom. The van der Waals surface area contributed by atoms with E-state index in [1.54, 1.807) is 36.0 Å². The van der Waals surface area contributed by atoms with Gasteiger partial charge in [-0.3, -0.25) is 10.1 Å². The van der Waals surface area contributed by atoms with Crippen molar-refractivity contribution in [3.8, 4) is 11.5 Å². The molecule has 0 aliphatic carbocycles. The van der Waals surface area contributed by atoms with Crippen LogP contribution in [0.15, 0.2) is 91.8 Å². The summed E-state index contributed by atoms with van der Waals surface area (Å²) in [6.45, 7) is -0.589. The number of fused-ring (bicyclic) bond motifs is 2. The number of ether oxygens (including phenoxy) is 2. The molecule has 0 aliphatic heterocycles. The lowest BCUT2D eigenvalue weighted by Crippen LogP contribution is -2.21. The smallest absolute Gasteiger partial charge is 0.300 e. The molecule has 4 aromatic carbocycles. The molecule has 0 bridgehead atoms. The van der Waals surface area contributed by atoms with Crippen LogP contribution in [0.2, 0.25) is 0 Å². The third kappa shape index (κ3) is 9.59. The van der Waals surface area contributed by atoms with Gasteiger partial charge in [-0.05, 0) is 74.2 Å². The highest BCUT2D eigenvalue weighted by atomic mass is 32.2. The number of nitro groups is 1. The Balaban J connectivity index is 0.000000195. The highest BCUT2D eigenvalue weighted by Crippen LogP contribution is 2.34. The first-order valence-electron chi connectivity index (χ1n) is 14.9. The minimum absolute atomic E-state index is 0.0184. The second kappa shape index (κ2) is 17.6. The normalized spacial score (nSPS) is 12.3. The third-order valence-electron chi connectivity index (χ3n) is 6.91. The Morgan fingerprint density at radius 3 is 1.60 bits per heavy atom. The van der Waals surface area contributed by atoms with Crippen molar-refractivity contribution in [2.45, 2.75) is 33.5 Å². The van der Waals surface area contributed by atoms with Gasteiger partial charge in [-0.1, -0.05) is 24.3 Å². The van der Waals surface area contributed by atoms with Crippen molar-refractivity contribution < 1.29 is 44.1 Å². The molecule has 0 saturated carbocycles. The average Bonchev–Trinajstić information content (AvgIpc) is 3.84. The summed E-state index contributed by atoms with van der Waals surface area (Å²) in [7, 11) is 0. The maximum Gasteiger partial charge on any atom is 0.300 e. The van der Waals surface area contributed by atoms with Gasteiger partial charge in [0, 0.05) is 27.4 Å². The molecule has 0 radical (unpaired) electrons. The second-order valence-electron chi connectivity index (χ2n) is 10.6. The molecule has 262 valence electrons. The van der Waals surface area contributed by atoms with Crippen LogP contribution in [0.25, 0.3) is 22.1 Å². The molecule has 2 unspecified atom stereocenters. The highest BCUT2D eigenvalue weighted by Gasteiger charge is 2.20. The van der Waals surface area contributed by atoms with Crippen LogP contribution in [0.3, 0.4) is 0 Å². The molecule has 6 rings (SSSR count). The molecule has 18 heteroatoms. The molecule has 0 aliphatic rings. The van der Waals surface area contributed by atoms with Crippen LogP contribution < -0.4 is 15.2 Å². The van der Waals surface area contributed by atoms with Gasteiger partial charge in [0.05, 0.1) is 23.8 Å². The quantitative estimate of drug-likeness (QED) is 0.0435. The Morgan fingerprint density at radius 2 is 1.12 bits per heavy atom. The van der Waals surface area contributed by atoms with Crippen LogP contribution in [0, 0.1) is 10.1 Å². The van der Waals surface area contributed by atoms with E-state index >= 15 is 0 Å². The van der Waals surface area contributed by atoms with E-state index in [2.05, 4.69) is 25.3 Å². The van der Waals surface area contributed by atoms with Gasteiger partial charge in [0.25, 0.3) is 0 Å². The Bertz CT molecular complexity index is 1990. The van der Waals surface area contributed by atoms with Crippen LogP contribution in [-0.4, -0.2) is 84.6 Å². The predicted molar refractivity (Wildman–Crippen MR) is 184 cm³/mol. The molecule has 0 spiro atoms. The second-order valence-corrected chi connectivity index (χ2v) is 12.6. The van der Waals surface area contributed by atoms with E-state index in [9.17, 15) is 20.3 Å². The van der Waals surface area contributed by atoms with Crippen molar-refractivity contribution >= 4 is 57.0 Å². The zero-order valence-corrected chi connectivity index (χ0v) is 27.8. The third-order valence-corrected chi connectivity index (χ3v) is 9.14. The summed E-state index contributed by atoms with van der Waals surface area (Å²) in [6.07, 6.45) is -1.78. The van der Waals surface area contributed by atoms with Crippen LogP contribution in [0.1, 0.15) is 11.1 Å². The van der Waals surface area contributed by atoms with Crippen molar-refractivity contribution in [3.63, 3.8) is 0 Å². The number of rotatable bonds is 15. The summed E-state index contributed by atoms with van der Waals surface area (Å²) in [5.74, 6) is 2.58. The number of hydrogen-bond donors (Lipinski definition) is 5. The lowest BCUT2D eigenvalue weighted by Gasteiger charge is -2.10. The number of aliphatic hydroxyl groups is 4. The number of anilines is 1. The first-order chi connectivity index (χ1) is 24.2. The fourth-order valence-corrected chi connectivity index (χ4v) is 6.15. The van der Waals surface area contributed by atoms with E-state index in [0.29, 0.717) is 39.5 Å². The molecule has 2 heterocycles. The molecule has 6 N–H and O–H groups in total. The lowest BCUT2D eigenvalue weighted by molar-refractivity contribution is -0.383. The number of nitrogens with zero attached hydrogens (tertiary/aromatic N) is 5. The summed E-state index contributed by atoms with van der Waals surface area (Å²) in [5, 5.41) is 62.1. The average molecular weight is 725 g/mol. The van der Waals surface area contributed by atoms with E-state index in [1.807, 2.05) is 42.5 Å². The summed E-state index contributed by atoms with van der Waals surface area (Å²) >= 11 is 3.07. The summed E-state index contributed by atoms with van der Waals surface area (Å²) in [5.41, 5.74) is 10.1. The standard InChI is InChI=1S/C16H15N3O6S.C16H17N3O4S/c20-7-11(21)8-24-12-3-1-10(2-4-12)9-26-14-6-5-13(19(22)23)15-16(14)18-25-17-15;17-13-5-6-14(16-15(13)18-23-19-16)24-9-10-1-3-12(4-2-10)22-8-11(21)7-20/h1-6,11,20-21H,7-9H2;1-6,11,20-21H,7-9,17H2. The Labute approximate surface area is 292 Å². The molecular formula is C32H32N6O10S2. The van der Waals surface area contributed by atoms with Crippen LogP contribution >= 0.6 is 23.5 Å². The zero-order chi connectivity index (χ0) is 35.5. The van der Waals surface area contributed by atoms with Gasteiger partial charge in [-0.15, -0.1) is 23.5 Å². The number of nitrogens with two attached hydrogens (primary N) is 1. The first kappa shape index (κ1) is 36.3. The molecule has 0 fully saturated rings. The fraction of sp³-hybridized carbons (Fsp3) is 0.250. The van der Waals surface area contributed by atoms with Crippen molar-refractivity contribution in [1.29, 1.82) is 0 Å². The maximum atomic E-state index is 11.0. The van der Waals surface area contributed by atoms with E-state index < -0.39 is 17.1 Å². The van der Waals surface area contributed by atoms with Gasteiger partial charge in [-0.2, -0.15) is 0 Å². The number of nitrogen functional groups attached to an aromatic ring is 1. The first-order valence-corrected chi connectivity index (χ1v) is 16.9. The predicted octanol–water partition coefficient (Wildman–Crippen LogP) is 3.98. The van der Waals surface area contributed by atoms with E-state index in [0.717, 1.165) is 26.7 Å².